The first-order valence-electron chi connectivity index (χ1n) is 12.2. The molecule has 0 aliphatic carbocycles. The number of nitrogens with zero attached hydrogens (tertiary/aromatic N) is 2. The van der Waals surface area contributed by atoms with Crippen LogP contribution in [0.4, 0.5) is 14.9 Å². The summed E-state index contributed by atoms with van der Waals surface area (Å²) in [4.78, 5) is 29.7. The Balaban J connectivity index is 1.76. The number of ether oxygens (including phenoxy) is 2. The summed E-state index contributed by atoms with van der Waals surface area (Å²) in [5.41, 5.74) is 1.30. The largest absolute Gasteiger partial charge is 0.493 e. The highest BCUT2D eigenvalue weighted by Crippen LogP contribution is 2.28. The Morgan fingerprint density at radius 3 is 2.49 bits per heavy atom. The topological polar surface area (TPSA) is 84.2 Å². The molecule has 37 heavy (non-hydrogen) atoms. The Kier molecular flexibility index (Phi) is 9.94. The van der Waals surface area contributed by atoms with E-state index in [1.807, 2.05) is 32.0 Å². The van der Waals surface area contributed by atoms with Crippen molar-refractivity contribution in [3.8, 4) is 11.5 Å². The molecule has 0 fully saturated rings. The lowest BCUT2D eigenvalue weighted by molar-refractivity contribution is -0.133. The van der Waals surface area contributed by atoms with E-state index in [4.69, 9.17) is 13.9 Å². The molecular weight excluding hydrogens is 477 g/mol. The van der Waals surface area contributed by atoms with E-state index in [-0.39, 0.29) is 25.0 Å². The molecule has 0 aliphatic rings. The maximum absolute atomic E-state index is 13.6. The number of rotatable bonds is 12. The zero-order valence-electron chi connectivity index (χ0n) is 21.7. The van der Waals surface area contributed by atoms with Crippen LogP contribution in [0.3, 0.4) is 0 Å². The van der Waals surface area contributed by atoms with Crippen LogP contribution in [0.5, 0.6) is 11.5 Å². The first-order chi connectivity index (χ1) is 17.8. The second kappa shape index (κ2) is 13.3. The standard InChI is InChI=1S/C28H34FN3O5/c1-5-20(2)32(28(34)30-23-9-6-8-22(29)17-23)19-27(33)31(18-24-10-7-15-37-24)14-13-21-11-12-25(35-3)26(16-21)36-4/h6-12,15-17,20H,5,13-14,18-19H2,1-4H3,(H,30,34). The highest BCUT2D eigenvalue weighted by atomic mass is 19.1. The van der Waals surface area contributed by atoms with Crippen molar-refractivity contribution in [2.24, 2.45) is 0 Å². The quantitative estimate of drug-likeness (QED) is 0.355. The minimum atomic E-state index is -0.467. The van der Waals surface area contributed by atoms with Crippen molar-refractivity contribution in [3.05, 3.63) is 78.0 Å². The Morgan fingerprint density at radius 2 is 1.84 bits per heavy atom. The van der Waals surface area contributed by atoms with Crippen LogP contribution in [0.2, 0.25) is 0 Å². The number of methoxy groups -OCH3 is 2. The van der Waals surface area contributed by atoms with Gasteiger partial charge in [0.2, 0.25) is 5.91 Å². The summed E-state index contributed by atoms with van der Waals surface area (Å²) in [6.45, 7) is 4.34. The van der Waals surface area contributed by atoms with Crippen LogP contribution in [0, 0.1) is 5.82 Å². The minimum Gasteiger partial charge on any atom is -0.493 e. The van der Waals surface area contributed by atoms with Gasteiger partial charge in [-0.3, -0.25) is 4.79 Å². The Hall–Kier alpha value is -4.01. The minimum absolute atomic E-state index is 0.136. The Bertz CT molecular complexity index is 1170. The van der Waals surface area contributed by atoms with Gasteiger partial charge in [0.25, 0.3) is 0 Å². The number of furan rings is 1. The summed E-state index contributed by atoms with van der Waals surface area (Å²) in [5, 5.41) is 2.70. The molecule has 3 aromatic rings. The normalized spacial score (nSPS) is 11.5. The second-order valence-electron chi connectivity index (χ2n) is 8.66. The van der Waals surface area contributed by atoms with Crippen molar-refractivity contribution in [1.82, 2.24) is 9.80 Å². The zero-order valence-corrected chi connectivity index (χ0v) is 21.7. The number of benzene rings is 2. The van der Waals surface area contributed by atoms with E-state index in [1.54, 1.807) is 43.6 Å². The van der Waals surface area contributed by atoms with Crippen molar-refractivity contribution < 1.29 is 27.9 Å². The van der Waals surface area contributed by atoms with Crippen molar-refractivity contribution in [1.29, 1.82) is 0 Å². The van der Waals surface area contributed by atoms with Gasteiger partial charge in [0, 0.05) is 18.3 Å². The van der Waals surface area contributed by atoms with Crippen LogP contribution in [0.1, 0.15) is 31.6 Å². The van der Waals surface area contributed by atoms with E-state index in [2.05, 4.69) is 5.32 Å². The monoisotopic (exact) mass is 511 g/mol. The predicted octanol–water partition coefficient (Wildman–Crippen LogP) is 5.34. The molecule has 0 radical (unpaired) electrons. The third-order valence-corrected chi connectivity index (χ3v) is 6.16. The first kappa shape index (κ1) is 27.6. The van der Waals surface area contributed by atoms with Crippen LogP contribution in [0.15, 0.2) is 65.3 Å². The highest BCUT2D eigenvalue weighted by Gasteiger charge is 2.25. The van der Waals surface area contributed by atoms with Crippen molar-refractivity contribution in [3.63, 3.8) is 0 Å². The summed E-state index contributed by atoms with van der Waals surface area (Å²) >= 11 is 0. The predicted molar refractivity (Wildman–Crippen MR) is 139 cm³/mol. The number of urea groups is 1. The van der Waals surface area contributed by atoms with Gasteiger partial charge in [-0.25, -0.2) is 9.18 Å². The van der Waals surface area contributed by atoms with Gasteiger partial charge in [0.15, 0.2) is 11.5 Å². The van der Waals surface area contributed by atoms with Crippen LogP contribution in [-0.2, 0) is 17.8 Å². The molecule has 1 aromatic heterocycles. The molecule has 3 amide bonds. The van der Waals surface area contributed by atoms with E-state index in [0.717, 1.165) is 5.56 Å². The Labute approximate surface area is 217 Å². The molecule has 198 valence electrons. The number of halogens is 1. The number of carbonyl (C=O) groups is 2. The van der Waals surface area contributed by atoms with Gasteiger partial charge in [-0.1, -0.05) is 19.1 Å². The van der Waals surface area contributed by atoms with Gasteiger partial charge in [0.1, 0.15) is 18.1 Å². The van der Waals surface area contributed by atoms with Gasteiger partial charge >= 0.3 is 6.03 Å². The summed E-state index contributed by atoms with van der Waals surface area (Å²) in [6.07, 6.45) is 2.77. The zero-order chi connectivity index (χ0) is 26.8. The summed E-state index contributed by atoms with van der Waals surface area (Å²) in [7, 11) is 3.15. The molecule has 2 aromatic carbocycles. The van der Waals surface area contributed by atoms with Crippen LogP contribution in [0.25, 0.3) is 0 Å². The lowest BCUT2D eigenvalue weighted by Crippen LogP contribution is -2.48. The first-order valence-corrected chi connectivity index (χ1v) is 12.2. The molecule has 1 atom stereocenters. The fourth-order valence-electron chi connectivity index (χ4n) is 3.84. The number of nitrogens with one attached hydrogen (secondary N) is 1. The van der Waals surface area contributed by atoms with Crippen molar-refractivity contribution in [2.45, 2.75) is 39.3 Å². The van der Waals surface area contributed by atoms with Crippen LogP contribution in [-0.4, -0.2) is 55.1 Å². The smallest absolute Gasteiger partial charge is 0.322 e. The lowest BCUT2D eigenvalue weighted by atomic mass is 10.1. The van der Waals surface area contributed by atoms with Crippen molar-refractivity contribution >= 4 is 17.6 Å². The molecule has 0 saturated carbocycles. The molecule has 9 heteroatoms. The number of hydrogen-bond donors (Lipinski definition) is 1. The van der Waals surface area contributed by atoms with Gasteiger partial charge in [0.05, 0.1) is 27.0 Å². The van der Waals surface area contributed by atoms with Crippen molar-refractivity contribution in [2.75, 3.05) is 32.6 Å². The highest BCUT2D eigenvalue weighted by molar-refractivity contribution is 5.92. The molecule has 0 aliphatic heterocycles. The molecule has 0 spiro atoms. The molecule has 1 N–H and O–H groups in total. The number of amides is 3. The lowest BCUT2D eigenvalue weighted by Gasteiger charge is -2.31. The van der Waals surface area contributed by atoms with E-state index < -0.39 is 11.8 Å². The average molecular weight is 512 g/mol. The molecular formula is C28H34FN3O5. The molecule has 1 unspecified atom stereocenters. The third kappa shape index (κ3) is 7.73. The van der Waals surface area contributed by atoms with Crippen LogP contribution < -0.4 is 14.8 Å². The fraction of sp³-hybridized carbons (Fsp3) is 0.357. The van der Waals surface area contributed by atoms with E-state index >= 15 is 0 Å². The SMILES string of the molecule is CCC(C)N(CC(=O)N(CCc1ccc(OC)c(OC)c1)Cc1ccco1)C(=O)Nc1cccc(F)c1. The number of carbonyl (C=O) groups excluding carboxylic acids is 2. The fourth-order valence-corrected chi connectivity index (χ4v) is 3.84. The Morgan fingerprint density at radius 1 is 1.05 bits per heavy atom. The van der Waals surface area contributed by atoms with Crippen LogP contribution >= 0.6 is 0 Å². The van der Waals surface area contributed by atoms with E-state index in [0.29, 0.717) is 42.3 Å². The number of hydrogen-bond acceptors (Lipinski definition) is 5. The van der Waals surface area contributed by atoms with Gasteiger partial charge in [-0.2, -0.15) is 0 Å². The maximum Gasteiger partial charge on any atom is 0.322 e. The van der Waals surface area contributed by atoms with Gasteiger partial charge in [-0.15, -0.1) is 0 Å². The summed E-state index contributed by atoms with van der Waals surface area (Å²) in [5.74, 6) is 1.19. The molecule has 0 bridgehead atoms. The molecule has 8 nitrogen and oxygen atoms in total. The summed E-state index contributed by atoms with van der Waals surface area (Å²) in [6, 6.07) is 14.2. The summed E-state index contributed by atoms with van der Waals surface area (Å²) < 4.78 is 29.8. The second-order valence-corrected chi connectivity index (χ2v) is 8.66. The van der Waals surface area contributed by atoms with Gasteiger partial charge in [-0.05, 0) is 67.8 Å². The van der Waals surface area contributed by atoms with E-state index in [9.17, 15) is 14.0 Å². The average Bonchev–Trinajstić information content (AvgIpc) is 3.42. The molecule has 0 saturated heterocycles. The third-order valence-electron chi connectivity index (χ3n) is 6.16. The van der Waals surface area contributed by atoms with Gasteiger partial charge < -0.3 is 29.0 Å². The molecule has 3 rings (SSSR count). The molecule has 1 heterocycles. The van der Waals surface area contributed by atoms with E-state index in [1.165, 1.54) is 23.1 Å². The number of anilines is 1. The maximum atomic E-state index is 13.6.